The second-order valence-corrected chi connectivity index (χ2v) is 8.24. The van der Waals surface area contributed by atoms with Gasteiger partial charge in [0.1, 0.15) is 5.82 Å². The Balaban J connectivity index is 1.71. The van der Waals surface area contributed by atoms with Crippen LogP contribution in [0.5, 0.6) is 0 Å². The third kappa shape index (κ3) is 3.31. The summed E-state index contributed by atoms with van der Waals surface area (Å²) in [6, 6.07) is 5.44. The summed E-state index contributed by atoms with van der Waals surface area (Å²) in [6.07, 6.45) is 0.529. The number of nitrogens with zero attached hydrogens (tertiary/aromatic N) is 3. The second kappa shape index (κ2) is 7.12. The molecule has 2 bridgehead atoms. The predicted octanol–water partition coefficient (Wildman–Crippen LogP) is 3.33. The van der Waals surface area contributed by atoms with E-state index in [2.05, 4.69) is 15.6 Å². The number of hydrogen-bond acceptors (Lipinski definition) is 4. The van der Waals surface area contributed by atoms with E-state index in [4.69, 9.17) is 5.84 Å². The molecule has 6 nitrogen and oxygen atoms in total. The summed E-state index contributed by atoms with van der Waals surface area (Å²) in [4.78, 5) is 12.1. The minimum atomic E-state index is -4.47. The van der Waals surface area contributed by atoms with E-state index >= 15 is 0 Å². The average molecular weight is 407 g/mol. The Morgan fingerprint density at radius 3 is 2.72 bits per heavy atom. The van der Waals surface area contributed by atoms with E-state index in [1.54, 1.807) is 17.7 Å². The standard InChI is InChI=1S/C20H24F3N5O/c1-28-16(14-6-2-3-7-15(14)20(21,22)23)26-27-18(28)19-9-4-5-12(11-19)13(8-10-19)17(29)25-24/h2-3,6-7,12-13H,4-5,8-11,24H2,1H3,(H,25,29). The van der Waals surface area contributed by atoms with Crippen LogP contribution >= 0.6 is 0 Å². The van der Waals surface area contributed by atoms with Gasteiger partial charge in [0.25, 0.3) is 0 Å². The first kappa shape index (κ1) is 19.9. The van der Waals surface area contributed by atoms with Crippen LogP contribution in [0.25, 0.3) is 11.4 Å². The van der Waals surface area contributed by atoms with E-state index in [1.807, 2.05) is 0 Å². The molecule has 2 aromatic rings. The SMILES string of the molecule is Cn1c(-c2ccccc2C(F)(F)F)nnc1C12CCCC(C1)C(C(=O)NN)CC2. The zero-order valence-corrected chi connectivity index (χ0v) is 16.2. The summed E-state index contributed by atoms with van der Waals surface area (Å²) in [5.41, 5.74) is 1.32. The molecular weight excluding hydrogens is 383 g/mol. The maximum atomic E-state index is 13.5. The molecule has 0 radical (unpaired) electrons. The fourth-order valence-electron chi connectivity index (χ4n) is 5.36. The maximum Gasteiger partial charge on any atom is 0.417 e. The van der Waals surface area contributed by atoms with Crippen LogP contribution < -0.4 is 11.3 Å². The molecule has 1 aromatic heterocycles. The average Bonchev–Trinajstić information content (AvgIpc) is 3.09. The summed E-state index contributed by atoms with van der Waals surface area (Å²) >= 11 is 0. The molecular formula is C20H24F3N5O. The maximum absolute atomic E-state index is 13.5. The zero-order valence-electron chi connectivity index (χ0n) is 16.2. The minimum absolute atomic E-state index is 0.0289. The third-order valence-electron chi connectivity index (χ3n) is 6.69. The van der Waals surface area contributed by atoms with E-state index in [1.165, 1.54) is 12.1 Å². The van der Waals surface area contributed by atoms with Crippen molar-refractivity contribution in [1.82, 2.24) is 20.2 Å². The van der Waals surface area contributed by atoms with Gasteiger partial charge in [0.05, 0.1) is 5.56 Å². The zero-order chi connectivity index (χ0) is 20.8. The molecule has 0 spiro atoms. The van der Waals surface area contributed by atoms with Crippen molar-refractivity contribution in [2.24, 2.45) is 24.7 Å². The molecule has 9 heteroatoms. The van der Waals surface area contributed by atoms with E-state index in [9.17, 15) is 18.0 Å². The fourth-order valence-corrected chi connectivity index (χ4v) is 5.36. The van der Waals surface area contributed by atoms with Crippen molar-refractivity contribution in [2.75, 3.05) is 0 Å². The highest BCUT2D eigenvalue weighted by Crippen LogP contribution is 2.52. The number of carbonyl (C=O) groups is 1. The lowest BCUT2D eigenvalue weighted by Crippen LogP contribution is -2.48. The Labute approximate surface area is 166 Å². The number of fused-ring (bicyclic) bond motifs is 2. The molecule has 3 atom stereocenters. The lowest BCUT2D eigenvalue weighted by molar-refractivity contribution is -0.137. The number of alkyl halides is 3. The van der Waals surface area contributed by atoms with E-state index in [0.29, 0.717) is 12.2 Å². The van der Waals surface area contributed by atoms with Gasteiger partial charge >= 0.3 is 6.18 Å². The van der Waals surface area contributed by atoms with Crippen LogP contribution in [0, 0.1) is 11.8 Å². The number of carbonyl (C=O) groups excluding carboxylic acids is 1. The highest BCUT2D eigenvalue weighted by Gasteiger charge is 2.49. The van der Waals surface area contributed by atoms with Crippen LogP contribution in [-0.4, -0.2) is 20.7 Å². The molecule has 156 valence electrons. The van der Waals surface area contributed by atoms with Crippen molar-refractivity contribution < 1.29 is 18.0 Å². The quantitative estimate of drug-likeness (QED) is 0.464. The monoisotopic (exact) mass is 407 g/mol. The Hall–Kier alpha value is -2.42. The lowest BCUT2D eigenvalue weighted by Gasteiger charge is -2.47. The number of halogens is 3. The molecule has 2 aliphatic rings. The number of aromatic nitrogens is 3. The Bertz CT molecular complexity index is 925. The molecule has 1 amide bonds. The van der Waals surface area contributed by atoms with Crippen molar-refractivity contribution in [3.05, 3.63) is 35.7 Å². The summed E-state index contributed by atoms with van der Waals surface area (Å²) in [5, 5.41) is 8.52. The van der Waals surface area contributed by atoms with Gasteiger partial charge in [-0.25, -0.2) is 5.84 Å². The van der Waals surface area contributed by atoms with Gasteiger partial charge in [-0.2, -0.15) is 13.2 Å². The first-order chi connectivity index (χ1) is 13.8. The van der Waals surface area contributed by atoms with E-state index < -0.39 is 11.7 Å². The Kier molecular flexibility index (Phi) is 4.88. The van der Waals surface area contributed by atoms with Crippen LogP contribution in [0.1, 0.15) is 49.9 Å². The number of nitrogens with two attached hydrogens (primary N) is 1. The van der Waals surface area contributed by atoms with Gasteiger partial charge in [-0.1, -0.05) is 24.6 Å². The molecule has 0 saturated heterocycles. The lowest BCUT2D eigenvalue weighted by atomic mass is 9.58. The van der Waals surface area contributed by atoms with E-state index in [-0.39, 0.29) is 34.5 Å². The van der Waals surface area contributed by atoms with Crippen LogP contribution in [0.4, 0.5) is 13.2 Å². The summed E-state index contributed by atoms with van der Waals surface area (Å²) in [6.45, 7) is 0. The Morgan fingerprint density at radius 1 is 1.24 bits per heavy atom. The minimum Gasteiger partial charge on any atom is -0.314 e. The fraction of sp³-hybridized carbons (Fsp3) is 0.550. The highest BCUT2D eigenvalue weighted by molar-refractivity contribution is 5.78. The number of nitrogens with one attached hydrogen (secondary N) is 1. The van der Waals surface area contributed by atoms with Crippen LogP contribution in [-0.2, 0) is 23.4 Å². The summed E-state index contributed by atoms with van der Waals surface area (Å²) in [7, 11) is 1.73. The number of amides is 1. The van der Waals surface area contributed by atoms with Crippen LogP contribution in [0.3, 0.4) is 0 Å². The van der Waals surface area contributed by atoms with Crippen molar-refractivity contribution in [3.63, 3.8) is 0 Å². The van der Waals surface area contributed by atoms with Crippen molar-refractivity contribution in [1.29, 1.82) is 0 Å². The van der Waals surface area contributed by atoms with Crippen LogP contribution in [0.15, 0.2) is 24.3 Å². The molecule has 3 N–H and O–H groups in total. The highest BCUT2D eigenvalue weighted by atomic mass is 19.4. The first-order valence-electron chi connectivity index (χ1n) is 9.84. The van der Waals surface area contributed by atoms with Gasteiger partial charge in [-0.3, -0.25) is 10.2 Å². The van der Waals surface area contributed by atoms with Gasteiger partial charge in [0, 0.05) is 23.9 Å². The van der Waals surface area contributed by atoms with Crippen LogP contribution in [0.2, 0.25) is 0 Å². The van der Waals surface area contributed by atoms with Gasteiger partial charge in [0.15, 0.2) is 5.82 Å². The van der Waals surface area contributed by atoms with Gasteiger partial charge < -0.3 is 4.57 Å². The largest absolute Gasteiger partial charge is 0.417 e. The number of hydrogen-bond donors (Lipinski definition) is 2. The van der Waals surface area contributed by atoms with E-state index in [0.717, 1.165) is 38.2 Å². The molecule has 2 fully saturated rings. The second-order valence-electron chi connectivity index (χ2n) is 8.24. The molecule has 29 heavy (non-hydrogen) atoms. The molecule has 0 aliphatic heterocycles. The molecule has 3 unspecified atom stereocenters. The normalized spacial score (nSPS) is 26.9. The molecule has 4 rings (SSSR count). The molecule has 2 saturated carbocycles. The van der Waals surface area contributed by atoms with Gasteiger partial charge in [-0.05, 0) is 44.1 Å². The number of hydrazine groups is 1. The number of rotatable bonds is 3. The molecule has 1 aromatic carbocycles. The van der Waals surface area contributed by atoms with Crippen molar-refractivity contribution in [2.45, 2.75) is 50.1 Å². The molecule has 1 heterocycles. The van der Waals surface area contributed by atoms with Crippen molar-refractivity contribution in [3.8, 4) is 11.4 Å². The predicted molar refractivity (Wildman–Crippen MR) is 100 cm³/mol. The topological polar surface area (TPSA) is 85.8 Å². The third-order valence-corrected chi connectivity index (χ3v) is 6.69. The molecule has 2 aliphatic carbocycles. The Morgan fingerprint density at radius 2 is 2.00 bits per heavy atom. The van der Waals surface area contributed by atoms with Gasteiger partial charge in [-0.15, -0.1) is 10.2 Å². The van der Waals surface area contributed by atoms with Gasteiger partial charge in [0.2, 0.25) is 5.91 Å². The summed E-state index contributed by atoms with van der Waals surface area (Å²) in [5.74, 6) is 6.21. The number of benzene rings is 1. The summed E-state index contributed by atoms with van der Waals surface area (Å²) < 4.78 is 42.1. The smallest absolute Gasteiger partial charge is 0.314 e. The first-order valence-corrected chi connectivity index (χ1v) is 9.84. The van der Waals surface area contributed by atoms with Crippen molar-refractivity contribution >= 4 is 5.91 Å².